The van der Waals surface area contributed by atoms with Crippen LogP contribution in [0.3, 0.4) is 0 Å². The SMILES string of the molecule is [2H]C([2H])([2H])CCCCC(CCCO)OC(=O)[C@H](CS)NC(C)=O. The van der Waals surface area contributed by atoms with Crippen LogP contribution in [-0.4, -0.2) is 41.5 Å². The highest BCUT2D eigenvalue weighted by atomic mass is 32.1. The van der Waals surface area contributed by atoms with Crippen LogP contribution in [0.15, 0.2) is 0 Å². The Hall–Kier alpha value is -0.750. The molecule has 0 radical (unpaired) electrons. The largest absolute Gasteiger partial charge is 0.461 e. The van der Waals surface area contributed by atoms with Crippen LogP contribution in [-0.2, 0) is 14.3 Å². The second-order valence-electron chi connectivity index (χ2n) is 4.61. The van der Waals surface area contributed by atoms with Crippen molar-refractivity contribution in [3.05, 3.63) is 0 Å². The molecule has 0 saturated carbocycles. The molecule has 20 heavy (non-hydrogen) atoms. The summed E-state index contributed by atoms with van der Waals surface area (Å²) in [4.78, 5) is 23.1. The van der Waals surface area contributed by atoms with Gasteiger partial charge in [0.25, 0.3) is 0 Å². The lowest BCUT2D eigenvalue weighted by Crippen LogP contribution is -2.43. The van der Waals surface area contributed by atoms with Crippen LogP contribution < -0.4 is 5.32 Å². The number of rotatable bonds is 11. The van der Waals surface area contributed by atoms with E-state index >= 15 is 0 Å². The van der Waals surface area contributed by atoms with Gasteiger partial charge < -0.3 is 15.2 Å². The molecule has 6 heteroatoms. The molecular formula is C14H27NO4S. The van der Waals surface area contributed by atoms with E-state index in [1.165, 1.54) is 6.92 Å². The predicted octanol–water partition coefficient (Wildman–Crippen LogP) is 1.69. The number of ether oxygens (including phenoxy) is 1. The summed E-state index contributed by atoms with van der Waals surface area (Å²) in [5, 5.41) is 11.4. The average Bonchev–Trinajstić information content (AvgIpc) is 2.44. The normalized spacial score (nSPS) is 16.4. The number of nitrogens with one attached hydrogen (secondary N) is 1. The zero-order valence-electron chi connectivity index (χ0n) is 14.9. The summed E-state index contributed by atoms with van der Waals surface area (Å²) in [6.07, 6.45) is 2.37. The minimum atomic E-state index is -1.94. The molecule has 2 N–H and O–H groups in total. The first-order valence-corrected chi connectivity index (χ1v) is 7.52. The maximum absolute atomic E-state index is 12.0. The predicted molar refractivity (Wildman–Crippen MR) is 81.8 cm³/mol. The third-order valence-corrected chi connectivity index (χ3v) is 3.13. The molecule has 0 aliphatic heterocycles. The Kier molecular flexibility index (Phi) is 8.54. The molecule has 1 unspecified atom stereocenters. The maximum Gasteiger partial charge on any atom is 0.329 e. The lowest BCUT2D eigenvalue weighted by Gasteiger charge is -2.21. The Morgan fingerprint density at radius 2 is 2.05 bits per heavy atom. The molecule has 0 aliphatic rings. The van der Waals surface area contributed by atoms with Gasteiger partial charge in [-0.3, -0.25) is 4.79 Å². The second-order valence-corrected chi connectivity index (χ2v) is 4.97. The first-order chi connectivity index (χ1) is 10.7. The van der Waals surface area contributed by atoms with E-state index in [9.17, 15) is 9.59 Å². The first-order valence-electron chi connectivity index (χ1n) is 8.39. The van der Waals surface area contributed by atoms with Gasteiger partial charge in [0.2, 0.25) is 5.91 Å². The zero-order chi connectivity index (χ0) is 17.9. The summed E-state index contributed by atoms with van der Waals surface area (Å²) in [6.45, 7) is -0.646. The molecule has 1 amide bonds. The molecular weight excluding hydrogens is 278 g/mol. The van der Waals surface area contributed by atoms with Gasteiger partial charge in [0.05, 0.1) is 0 Å². The lowest BCUT2D eigenvalue weighted by molar-refractivity contribution is -0.153. The highest BCUT2D eigenvalue weighted by molar-refractivity contribution is 7.80. The number of carbonyl (C=O) groups is 2. The highest BCUT2D eigenvalue weighted by Crippen LogP contribution is 2.13. The Bertz CT molecular complexity index is 366. The Balaban J connectivity index is 4.40. The molecule has 0 rings (SSSR count). The van der Waals surface area contributed by atoms with Crippen LogP contribution in [0.4, 0.5) is 0 Å². The summed E-state index contributed by atoms with van der Waals surface area (Å²) in [5.41, 5.74) is 0. The van der Waals surface area contributed by atoms with Crippen molar-refractivity contribution in [1.82, 2.24) is 5.32 Å². The van der Waals surface area contributed by atoms with Gasteiger partial charge in [-0.1, -0.05) is 19.7 Å². The second kappa shape index (κ2) is 12.0. The molecule has 0 bridgehead atoms. The van der Waals surface area contributed by atoms with E-state index in [0.717, 1.165) is 0 Å². The number of thiol groups is 1. The van der Waals surface area contributed by atoms with Gasteiger partial charge in [0.1, 0.15) is 12.1 Å². The molecule has 0 saturated heterocycles. The monoisotopic (exact) mass is 308 g/mol. The molecule has 118 valence electrons. The van der Waals surface area contributed by atoms with Crippen LogP contribution in [0.2, 0.25) is 0 Å². The van der Waals surface area contributed by atoms with Crippen molar-refractivity contribution in [1.29, 1.82) is 0 Å². The number of hydrogen-bond donors (Lipinski definition) is 3. The number of aliphatic hydroxyl groups excluding tert-OH is 1. The van der Waals surface area contributed by atoms with E-state index in [0.29, 0.717) is 32.1 Å². The number of carbonyl (C=O) groups excluding carboxylic acids is 2. The third kappa shape index (κ3) is 9.20. The minimum absolute atomic E-state index is 0.00891. The van der Waals surface area contributed by atoms with E-state index in [-0.39, 0.29) is 24.7 Å². The van der Waals surface area contributed by atoms with Crippen molar-refractivity contribution in [3.63, 3.8) is 0 Å². The summed E-state index contributed by atoms with van der Waals surface area (Å²) in [5.74, 6) is -0.774. The summed E-state index contributed by atoms with van der Waals surface area (Å²) in [6, 6.07) is -0.810. The minimum Gasteiger partial charge on any atom is -0.461 e. The van der Waals surface area contributed by atoms with Gasteiger partial charge >= 0.3 is 5.97 Å². The van der Waals surface area contributed by atoms with E-state index in [1.807, 2.05) is 0 Å². The van der Waals surface area contributed by atoms with E-state index in [2.05, 4.69) is 17.9 Å². The van der Waals surface area contributed by atoms with Crippen molar-refractivity contribution in [3.8, 4) is 0 Å². The smallest absolute Gasteiger partial charge is 0.329 e. The van der Waals surface area contributed by atoms with Crippen molar-refractivity contribution in [2.24, 2.45) is 0 Å². The fourth-order valence-electron chi connectivity index (χ4n) is 1.75. The topological polar surface area (TPSA) is 75.6 Å². The number of aliphatic hydroxyl groups is 1. The van der Waals surface area contributed by atoms with Gasteiger partial charge in [-0.15, -0.1) is 0 Å². The van der Waals surface area contributed by atoms with Gasteiger partial charge in [-0.2, -0.15) is 12.6 Å². The third-order valence-electron chi connectivity index (χ3n) is 2.76. The molecule has 0 heterocycles. The highest BCUT2D eigenvalue weighted by Gasteiger charge is 2.22. The van der Waals surface area contributed by atoms with Crippen molar-refractivity contribution in [2.75, 3.05) is 12.4 Å². The number of amides is 1. The number of unbranched alkanes of at least 4 members (excludes halogenated alkanes) is 1. The van der Waals surface area contributed by atoms with Crippen LogP contribution in [0.25, 0.3) is 0 Å². The van der Waals surface area contributed by atoms with Crippen molar-refractivity contribution >= 4 is 24.5 Å². The van der Waals surface area contributed by atoms with Crippen molar-refractivity contribution in [2.45, 2.75) is 64.4 Å². The number of esters is 1. The zero-order valence-corrected chi connectivity index (χ0v) is 12.8. The molecule has 2 atom stereocenters. The average molecular weight is 308 g/mol. The molecule has 0 aromatic rings. The molecule has 0 aliphatic carbocycles. The first kappa shape index (κ1) is 14.2. The van der Waals surface area contributed by atoms with Crippen LogP contribution >= 0.6 is 12.6 Å². The molecule has 0 spiro atoms. The van der Waals surface area contributed by atoms with Gasteiger partial charge in [0.15, 0.2) is 0 Å². The molecule has 0 fully saturated rings. The van der Waals surface area contributed by atoms with Crippen LogP contribution in [0.1, 0.15) is 56.4 Å². The summed E-state index contributed by atoms with van der Waals surface area (Å²) in [7, 11) is 0. The Labute approximate surface area is 131 Å². The van der Waals surface area contributed by atoms with Gasteiger partial charge in [-0.25, -0.2) is 4.79 Å². The lowest BCUT2D eigenvalue weighted by atomic mass is 10.1. The molecule has 0 aromatic heterocycles. The quantitative estimate of drug-likeness (QED) is 0.308. The van der Waals surface area contributed by atoms with Crippen LogP contribution in [0.5, 0.6) is 0 Å². The van der Waals surface area contributed by atoms with E-state index < -0.39 is 25.0 Å². The van der Waals surface area contributed by atoms with E-state index in [4.69, 9.17) is 14.0 Å². The Morgan fingerprint density at radius 3 is 2.60 bits per heavy atom. The Morgan fingerprint density at radius 1 is 1.35 bits per heavy atom. The fraction of sp³-hybridized carbons (Fsp3) is 0.857. The van der Waals surface area contributed by atoms with Crippen LogP contribution in [0, 0.1) is 0 Å². The van der Waals surface area contributed by atoms with Crippen molar-refractivity contribution < 1.29 is 23.5 Å². The van der Waals surface area contributed by atoms with Gasteiger partial charge in [0, 0.05) is 23.4 Å². The fourth-order valence-corrected chi connectivity index (χ4v) is 1.99. The standard InChI is InChI=1S/C14H27NO4S/c1-3-4-5-7-12(8-6-9-16)19-14(18)13(10-20)15-11(2)17/h12-13,16,20H,3-10H2,1-2H3,(H,15,17)/t12?,13-/m0/s1/i1D3. The summed E-state index contributed by atoms with van der Waals surface area (Å²) < 4.78 is 26.8. The maximum atomic E-state index is 12.0. The van der Waals surface area contributed by atoms with E-state index in [1.54, 1.807) is 0 Å². The molecule has 0 aromatic carbocycles. The van der Waals surface area contributed by atoms with Gasteiger partial charge in [-0.05, 0) is 25.7 Å². The molecule has 5 nitrogen and oxygen atoms in total. The number of hydrogen-bond acceptors (Lipinski definition) is 5. The summed E-state index contributed by atoms with van der Waals surface area (Å²) >= 11 is 4.02.